The van der Waals surface area contributed by atoms with Crippen molar-refractivity contribution in [2.24, 2.45) is 5.92 Å². The third kappa shape index (κ3) is 4.38. The molecule has 0 radical (unpaired) electrons. The fourth-order valence-electron chi connectivity index (χ4n) is 3.66. The molecule has 4 nitrogen and oxygen atoms in total. The number of rotatable bonds is 3. The minimum absolute atomic E-state index is 0.0436. The van der Waals surface area contributed by atoms with E-state index in [2.05, 4.69) is 23.1 Å². The lowest BCUT2D eigenvalue weighted by Gasteiger charge is -2.42. The van der Waals surface area contributed by atoms with E-state index < -0.39 is 0 Å². The summed E-state index contributed by atoms with van der Waals surface area (Å²) in [4.78, 5) is 16.4. The fraction of sp³-hybridized carbons (Fsp3) is 0.824. The predicted molar refractivity (Wildman–Crippen MR) is 86.0 cm³/mol. The largest absolute Gasteiger partial charge is 0.327 e. The van der Waals surface area contributed by atoms with Crippen LogP contribution in [0.25, 0.3) is 0 Å². The Balaban J connectivity index is 1.75. The van der Waals surface area contributed by atoms with Crippen LogP contribution in [0.5, 0.6) is 0 Å². The second-order valence-corrected chi connectivity index (χ2v) is 6.65. The normalized spacial score (nSPS) is 27.9. The van der Waals surface area contributed by atoms with Crippen molar-refractivity contribution >= 4 is 6.03 Å². The maximum Gasteiger partial charge on any atom is 0.318 e. The lowest BCUT2D eigenvalue weighted by atomic mass is 9.85. The summed E-state index contributed by atoms with van der Waals surface area (Å²) in [6, 6.07) is 1.09. The van der Waals surface area contributed by atoms with Gasteiger partial charge in [0.15, 0.2) is 0 Å². The van der Waals surface area contributed by atoms with Crippen molar-refractivity contribution in [3.8, 4) is 12.3 Å². The molecule has 4 heteroatoms. The van der Waals surface area contributed by atoms with E-state index in [1.165, 1.54) is 25.7 Å². The van der Waals surface area contributed by atoms with Gasteiger partial charge in [0.2, 0.25) is 0 Å². The van der Waals surface area contributed by atoms with E-state index in [9.17, 15) is 4.79 Å². The van der Waals surface area contributed by atoms with Crippen molar-refractivity contribution in [1.29, 1.82) is 0 Å². The first-order valence-electron chi connectivity index (χ1n) is 8.30. The van der Waals surface area contributed by atoms with Crippen LogP contribution in [0, 0.1) is 18.3 Å². The highest BCUT2D eigenvalue weighted by Crippen LogP contribution is 2.29. The molecule has 0 aromatic carbocycles. The van der Waals surface area contributed by atoms with Gasteiger partial charge in [-0.05, 0) is 44.4 Å². The molecule has 0 aromatic heterocycles. The molecule has 2 amide bonds. The molecule has 1 aliphatic heterocycles. The highest BCUT2D eigenvalue weighted by Gasteiger charge is 2.30. The van der Waals surface area contributed by atoms with Crippen LogP contribution in [0.4, 0.5) is 4.79 Å². The van der Waals surface area contributed by atoms with E-state index in [4.69, 9.17) is 6.42 Å². The van der Waals surface area contributed by atoms with Crippen LogP contribution in [0.3, 0.4) is 0 Å². The van der Waals surface area contributed by atoms with Crippen LogP contribution >= 0.6 is 0 Å². The highest BCUT2D eigenvalue weighted by molar-refractivity contribution is 5.74. The molecule has 1 aliphatic carbocycles. The minimum Gasteiger partial charge on any atom is -0.327 e. The first kappa shape index (κ1) is 16.2. The SMILES string of the molecule is C#CCNC(=O)N(C)C1CCN(C2CCC(C)CC2)CC1. The Bertz CT molecular complexity index is 374. The van der Waals surface area contributed by atoms with E-state index in [0.29, 0.717) is 12.6 Å². The molecule has 0 spiro atoms. The van der Waals surface area contributed by atoms with Gasteiger partial charge in [0.1, 0.15) is 0 Å². The zero-order valence-electron chi connectivity index (χ0n) is 13.5. The predicted octanol–water partition coefficient (Wildman–Crippen LogP) is 2.30. The second-order valence-electron chi connectivity index (χ2n) is 6.65. The maximum atomic E-state index is 11.9. The fourth-order valence-corrected chi connectivity index (χ4v) is 3.66. The number of urea groups is 1. The number of nitrogens with one attached hydrogen (secondary N) is 1. The van der Waals surface area contributed by atoms with Crippen molar-refractivity contribution in [2.45, 2.75) is 57.5 Å². The summed E-state index contributed by atoms with van der Waals surface area (Å²) >= 11 is 0. The molecule has 1 saturated heterocycles. The molecule has 0 unspecified atom stereocenters. The Kier molecular flexibility index (Phi) is 5.93. The Morgan fingerprint density at radius 2 is 1.86 bits per heavy atom. The van der Waals surface area contributed by atoms with Crippen LogP contribution in [-0.2, 0) is 0 Å². The summed E-state index contributed by atoms with van der Waals surface area (Å²) in [7, 11) is 1.88. The van der Waals surface area contributed by atoms with Gasteiger partial charge in [0.05, 0.1) is 6.54 Å². The topological polar surface area (TPSA) is 35.6 Å². The monoisotopic (exact) mass is 291 g/mol. The zero-order valence-corrected chi connectivity index (χ0v) is 13.5. The third-order valence-corrected chi connectivity index (χ3v) is 5.21. The van der Waals surface area contributed by atoms with Gasteiger partial charge in [-0.15, -0.1) is 6.42 Å². The number of carbonyl (C=O) groups excluding carboxylic acids is 1. The van der Waals surface area contributed by atoms with Gasteiger partial charge in [0, 0.05) is 32.2 Å². The quantitative estimate of drug-likeness (QED) is 0.810. The van der Waals surface area contributed by atoms with Gasteiger partial charge in [-0.3, -0.25) is 0 Å². The number of hydrogen-bond acceptors (Lipinski definition) is 2. The van der Waals surface area contributed by atoms with E-state index in [1.807, 2.05) is 11.9 Å². The number of carbonyl (C=O) groups is 1. The molecule has 1 N–H and O–H groups in total. The van der Waals surface area contributed by atoms with Crippen molar-refractivity contribution < 1.29 is 4.79 Å². The summed E-state index contributed by atoms with van der Waals surface area (Å²) in [5, 5.41) is 2.75. The van der Waals surface area contributed by atoms with Crippen molar-refractivity contribution in [1.82, 2.24) is 15.1 Å². The molecule has 2 rings (SSSR count). The highest BCUT2D eigenvalue weighted by atomic mass is 16.2. The summed E-state index contributed by atoms with van der Waals surface area (Å²) in [5.74, 6) is 3.35. The van der Waals surface area contributed by atoms with Gasteiger partial charge in [-0.25, -0.2) is 4.79 Å². The lowest BCUT2D eigenvalue weighted by Crippen LogP contribution is -2.51. The molecule has 0 aromatic rings. The van der Waals surface area contributed by atoms with Crippen LogP contribution in [0.2, 0.25) is 0 Å². The van der Waals surface area contributed by atoms with E-state index in [1.54, 1.807) is 0 Å². The van der Waals surface area contributed by atoms with Crippen LogP contribution in [0.1, 0.15) is 45.4 Å². The van der Waals surface area contributed by atoms with E-state index in [0.717, 1.165) is 37.9 Å². The number of hydrogen-bond donors (Lipinski definition) is 1. The van der Waals surface area contributed by atoms with Crippen LogP contribution in [-0.4, -0.2) is 54.6 Å². The van der Waals surface area contributed by atoms with Gasteiger partial charge in [-0.2, -0.15) is 0 Å². The zero-order chi connectivity index (χ0) is 15.2. The molecular formula is C17H29N3O. The molecule has 0 bridgehead atoms. The number of terminal acetylenes is 1. The molecule has 1 saturated carbocycles. The summed E-state index contributed by atoms with van der Waals surface area (Å²) in [6.07, 6.45) is 12.8. The van der Waals surface area contributed by atoms with Gasteiger partial charge in [0.25, 0.3) is 0 Å². The average molecular weight is 291 g/mol. The lowest BCUT2D eigenvalue weighted by molar-refractivity contribution is 0.0825. The van der Waals surface area contributed by atoms with Crippen LogP contribution in [0.15, 0.2) is 0 Å². The standard InChI is InChI=1S/C17H29N3O/c1-4-11-18-17(21)19(3)15-9-12-20(13-10-15)16-7-5-14(2)6-8-16/h1,14-16H,5-13H2,2-3H3,(H,18,21). The minimum atomic E-state index is -0.0436. The van der Waals surface area contributed by atoms with E-state index >= 15 is 0 Å². The summed E-state index contributed by atoms with van der Waals surface area (Å²) in [6.45, 7) is 4.92. The molecule has 2 fully saturated rings. The Morgan fingerprint density at radius 1 is 1.24 bits per heavy atom. The number of amides is 2. The Hall–Kier alpha value is -1.21. The third-order valence-electron chi connectivity index (χ3n) is 5.21. The number of likely N-dealkylation sites (tertiary alicyclic amines) is 1. The molecule has 118 valence electrons. The van der Waals surface area contributed by atoms with Crippen molar-refractivity contribution in [3.05, 3.63) is 0 Å². The number of piperidine rings is 1. The van der Waals surface area contributed by atoms with Gasteiger partial charge < -0.3 is 15.1 Å². The molecular weight excluding hydrogens is 262 g/mol. The Labute approximate surface area is 129 Å². The van der Waals surface area contributed by atoms with Crippen molar-refractivity contribution in [3.63, 3.8) is 0 Å². The number of nitrogens with zero attached hydrogens (tertiary/aromatic N) is 2. The molecule has 1 heterocycles. The van der Waals surface area contributed by atoms with Gasteiger partial charge in [-0.1, -0.05) is 12.8 Å². The van der Waals surface area contributed by atoms with Crippen LogP contribution < -0.4 is 5.32 Å². The second kappa shape index (κ2) is 7.70. The first-order valence-corrected chi connectivity index (χ1v) is 8.30. The summed E-state index contributed by atoms with van der Waals surface area (Å²) < 4.78 is 0. The van der Waals surface area contributed by atoms with E-state index in [-0.39, 0.29) is 6.03 Å². The average Bonchev–Trinajstić information content (AvgIpc) is 2.53. The molecule has 0 atom stereocenters. The molecule has 2 aliphatic rings. The molecule has 21 heavy (non-hydrogen) atoms. The van der Waals surface area contributed by atoms with Gasteiger partial charge >= 0.3 is 6.03 Å². The van der Waals surface area contributed by atoms with Crippen molar-refractivity contribution in [2.75, 3.05) is 26.7 Å². The Morgan fingerprint density at radius 3 is 2.43 bits per heavy atom. The summed E-state index contributed by atoms with van der Waals surface area (Å²) in [5.41, 5.74) is 0. The maximum absolute atomic E-state index is 11.9. The smallest absolute Gasteiger partial charge is 0.318 e. The first-order chi connectivity index (χ1) is 10.1.